The molecule has 1 aliphatic rings. The average Bonchev–Trinajstić information content (AvgIpc) is 3.18. The van der Waals surface area contributed by atoms with Crippen LogP contribution in [0.2, 0.25) is 0 Å². The number of alkyl halides is 1. The Kier molecular flexibility index (Phi) is 6.73. The van der Waals surface area contributed by atoms with Crippen molar-refractivity contribution < 1.29 is 19.7 Å². The number of thiophene rings is 1. The van der Waals surface area contributed by atoms with Crippen LogP contribution in [0.25, 0.3) is 0 Å². The molecule has 0 amide bonds. The summed E-state index contributed by atoms with van der Waals surface area (Å²) in [7, 11) is 0. The van der Waals surface area contributed by atoms with Gasteiger partial charge in [-0.05, 0) is 55.9 Å². The van der Waals surface area contributed by atoms with E-state index < -0.39 is 12.3 Å². The quantitative estimate of drug-likeness (QED) is 0.443. The number of aliphatic hydroxyl groups excluding tert-OH is 1. The van der Waals surface area contributed by atoms with Crippen LogP contribution in [-0.2, 0) is 6.42 Å². The Bertz CT molecular complexity index is 829. The molecular weight excluding hydrogens is 386 g/mol. The number of carboxylic acid groups (broad SMARTS) is 1. The molecule has 7 heteroatoms. The van der Waals surface area contributed by atoms with Crippen molar-refractivity contribution in [1.29, 1.82) is 0 Å². The van der Waals surface area contributed by atoms with Crippen molar-refractivity contribution >= 4 is 29.1 Å². The minimum atomic E-state index is -1.30. The number of hydrogen-bond donors (Lipinski definition) is 2. The van der Waals surface area contributed by atoms with Gasteiger partial charge in [0.2, 0.25) is 0 Å². The van der Waals surface area contributed by atoms with Crippen LogP contribution < -0.4 is 4.74 Å². The lowest BCUT2D eigenvalue weighted by molar-refractivity contribution is 0.144. The van der Waals surface area contributed by atoms with Crippen molar-refractivity contribution in [2.45, 2.75) is 37.2 Å². The second kappa shape index (κ2) is 9.23. The van der Waals surface area contributed by atoms with Crippen LogP contribution in [0.5, 0.6) is 5.06 Å². The molecule has 0 aromatic carbocycles. The fourth-order valence-electron chi connectivity index (χ4n) is 3.37. The van der Waals surface area contributed by atoms with Gasteiger partial charge in [-0.25, -0.2) is 4.79 Å². The Labute approximate surface area is 167 Å². The zero-order valence-electron chi connectivity index (χ0n) is 14.5. The molecule has 2 N–H and O–H groups in total. The van der Waals surface area contributed by atoms with Gasteiger partial charge in [-0.1, -0.05) is 11.8 Å². The number of aromatic nitrogens is 1. The third-order valence-corrected chi connectivity index (χ3v) is 6.16. The van der Waals surface area contributed by atoms with Crippen molar-refractivity contribution in [3.05, 3.63) is 47.1 Å². The van der Waals surface area contributed by atoms with E-state index in [0.29, 0.717) is 11.5 Å². The minimum Gasteiger partial charge on any atom is -0.449 e. The number of ether oxygens (including phenoxy) is 1. The van der Waals surface area contributed by atoms with Crippen LogP contribution in [0.15, 0.2) is 36.7 Å². The van der Waals surface area contributed by atoms with Gasteiger partial charge in [-0.15, -0.1) is 22.9 Å². The molecular formula is C20H20ClNO4S. The van der Waals surface area contributed by atoms with E-state index in [2.05, 4.69) is 21.6 Å². The van der Waals surface area contributed by atoms with Crippen LogP contribution in [0.4, 0.5) is 4.79 Å². The number of aryl methyl sites for hydroxylation is 1. The molecule has 0 bridgehead atoms. The largest absolute Gasteiger partial charge is 0.512 e. The number of nitrogens with zero attached hydrogens (tertiary/aromatic N) is 1. The van der Waals surface area contributed by atoms with Crippen LogP contribution >= 0.6 is 22.9 Å². The van der Waals surface area contributed by atoms with Gasteiger partial charge in [0.05, 0.1) is 12.0 Å². The van der Waals surface area contributed by atoms with E-state index in [9.17, 15) is 9.90 Å². The van der Waals surface area contributed by atoms with E-state index in [1.165, 1.54) is 11.3 Å². The molecule has 142 valence electrons. The van der Waals surface area contributed by atoms with Gasteiger partial charge in [-0.2, -0.15) is 0 Å². The summed E-state index contributed by atoms with van der Waals surface area (Å²) in [6.45, 7) is 0. The number of pyridine rings is 1. The summed E-state index contributed by atoms with van der Waals surface area (Å²) >= 11 is 7.80. The fraction of sp³-hybridized carbons (Fsp3) is 0.400. The summed E-state index contributed by atoms with van der Waals surface area (Å²) in [6.07, 6.45) is 4.69. The van der Waals surface area contributed by atoms with E-state index in [-0.39, 0.29) is 17.2 Å². The van der Waals surface area contributed by atoms with E-state index in [4.69, 9.17) is 16.7 Å². The fourth-order valence-corrected chi connectivity index (χ4v) is 4.73. The Morgan fingerprint density at radius 1 is 1.41 bits per heavy atom. The van der Waals surface area contributed by atoms with E-state index in [0.717, 1.165) is 29.7 Å². The van der Waals surface area contributed by atoms with E-state index in [1.807, 2.05) is 18.2 Å². The first kappa shape index (κ1) is 19.7. The molecule has 27 heavy (non-hydrogen) atoms. The van der Waals surface area contributed by atoms with Crippen molar-refractivity contribution in [2.75, 3.05) is 0 Å². The highest BCUT2D eigenvalue weighted by Gasteiger charge is 2.40. The summed E-state index contributed by atoms with van der Waals surface area (Å²) < 4.78 is 4.65. The molecule has 0 aliphatic heterocycles. The predicted molar refractivity (Wildman–Crippen MR) is 104 cm³/mol. The smallest absolute Gasteiger partial charge is 0.449 e. The summed E-state index contributed by atoms with van der Waals surface area (Å²) in [6, 6.07) is 7.27. The monoisotopic (exact) mass is 405 g/mol. The lowest BCUT2D eigenvalue weighted by atomic mass is 9.90. The topological polar surface area (TPSA) is 79.7 Å². The van der Waals surface area contributed by atoms with Crippen LogP contribution in [0, 0.1) is 23.7 Å². The van der Waals surface area contributed by atoms with Gasteiger partial charge in [-0.3, -0.25) is 4.98 Å². The lowest BCUT2D eigenvalue weighted by Gasteiger charge is -2.18. The van der Waals surface area contributed by atoms with Crippen molar-refractivity contribution in [2.24, 2.45) is 11.8 Å². The zero-order chi connectivity index (χ0) is 19.2. The highest BCUT2D eigenvalue weighted by molar-refractivity contribution is 7.13. The maximum atomic E-state index is 10.6. The van der Waals surface area contributed by atoms with Gasteiger partial charge in [0.25, 0.3) is 0 Å². The van der Waals surface area contributed by atoms with Crippen LogP contribution in [0.1, 0.15) is 29.7 Å². The number of aliphatic hydroxyl groups is 1. The molecule has 2 aromatic heterocycles. The normalized spacial score (nSPS) is 24.2. The molecule has 1 saturated carbocycles. The van der Waals surface area contributed by atoms with E-state index >= 15 is 0 Å². The van der Waals surface area contributed by atoms with Gasteiger partial charge in [0, 0.05) is 28.2 Å². The molecule has 5 nitrogen and oxygen atoms in total. The summed E-state index contributed by atoms with van der Waals surface area (Å²) in [5.74, 6) is 6.27. The average molecular weight is 406 g/mol. The Hall–Kier alpha value is -2.07. The van der Waals surface area contributed by atoms with Crippen molar-refractivity contribution in [1.82, 2.24) is 4.98 Å². The van der Waals surface area contributed by atoms with Crippen LogP contribution in [0.3, 0.4) is 0 Å². The molecule has 0 unspecified atom stereocenters. The molecule has 0 spiro atoms. The number of halogens is 1. The van der Waals surface area contributed by atoms with Crippen molar-refractivity contribution in [3.8, 4) is 16.9 Å². The predicted octanol–water partition coefficient (Wildman–Crippen LogP) is 4.18. The second-order valence-electron chi connectivity index (χ2n) is 6.50. The van der Waals surface area contributed by atoms with Gasteiger partial charge in [0.1, 0.15) is 0 Å². The Morgan fingerprint density at radius 2 is 2.26 bits per heavy atom. The van der Waals surface area contributed by atoms with Gasteiger partial charge in [0.15, 0.2) is 5.06 Å². The van der Waals surface area contributed by atoms with Crippen LogP contribution in [-0.4, -0.2) is 32.8 Å². The van der Waals surface area contributed by atoms with Crippen molar-refractivity contribution in [3.63, 3.8) is 0 Å². The molecule has 1 aliphatic carbocycles. The summed E-state index contributed by atoms with van der Waals surface area (Å²) in [5.41, 5.74) is 0.825. The number of rotatable bonds is 5. The third kappa shape index (κ3) is 5.46. The first-order valence-electron chi connectivity index (χ1n) is 8.76. The highest BCUT2D eigenvalue weighted by Crippen LogP contribution is 2.39. The third-order valence-electron chi connectivity index (χ3n) is 4.64. The van der Waals surface area contributed by atoms with Gasteiger partial charge < -0.3 is 14.9 Å². The second-order valence-corrected chi connectivity index (χ2v) is 8.19. The molecule has 2 heterocycles. The zero-order valence-corrected chi connectivity index (χ0v) is 16.1. The SMILES string of the molecule is O=C(O)Oc1ccc(CCC[C@@H]2[C@@H](C#Cc3cccnc3)[C@H](O)C[C@H]2Cl)s1. The maximum absolute atomic E-state index is 10.6. The molecule has 1 fully saturated rings. The Balaban J connectivity index is 1.58. The summed E-state index contributed by atoms with van der Waals surface area (Å²) in [4.78, 5) is 15.7. The first-order valence-corrected chi connectivity index (χ1v) is 10.0. The molecule has 4 atom stereocenters. The lowest BCUT2D eigenvalue weighted by Crippen LogP contribution is -2.19. The molecule has 0 radical (unpaired) electrons. The molecule has 3 rings (SSSR count). The van der Waals surface area contributed by atoms with E-state index in [1.54, 1.807) is 18.5 Å². The highest BCUT2D eigenvalue weighted by atomic mass is 35.5. The number of carbonyl (C=O) groups is 1. The maximum Gasteiger partial charge on any atom is 0.512 e. The number of hydrogen-bond acceptors (Lipinski definition) is 5. The minimum absolute atomic E-state index is 0.0950. The summed E-state index contributed by atoms with van der Waals surface area (Å²) in [5, 5.41) is 19.3. The first-order chi connectivity index (χ1) is 13.0. The molecule has 0 saturated heterocycles. The molecule has 2 aromatic rings. The Morgan fingerprint density at radius 3 is 3.00 bits per heavy atom. The van der Waals surface area contributed by atoms with Gasteiger partial charge >= 0.3 is 6.16 Å². The standard InChI is InChI=1S/C20H20ClNO4S/c21-17-11-18(23)16(8-6-13-3-2-10-22-12-13)15(17)5-1-4-14-7-9-19(27-14)26-20(24)25/h2-3,7,9-10,12,15-18,23H,1,4-5,11H2,(H,24,25)/t15-,16-,17-,18-/m1/s1.